The number of hydrogen-bond acceptors (Lipinski definition) is 7. The molecule has 11 heteroatoms. The summed E-state index contributed by atoms with van der Waals surface area (Å²) in [5.74, 6) is -0.819. The Morgan fingerprint density at radius 2 is 1.75 bits per heavy atom. The molecule has 2 N–H and O–H groups in total. The summed E-state index contributed by atoms with van der Waals surface area (Å²) < 4.78 is 39.5. The lowest BCUT2D eigenvalue weighted by Crippen LogP contribution is -2.41. The molecule has 0 aliphatic carbocycles. The third-order valence-corrected chi connectivity index (χ3v) is 6.54. The zero-order chi connectivity index (χ0) is 28.1. The molecule has 1 aliphatic heterocycles. The first-order valence-corrected chi connectivity index (χ1v) is 12.8. The van der Waals surface area contributed by atoms with Crippen molar-refractivity contribution < 1.29 is 23.0 Å². The normalized spacial score (nSPS) is 14.4. The van der Waals surface area contributed by atoms with E-state index in [1.807, 2.05) is 6.92 Å². The van der Waals surface area contributed by atoms with E-state index in [-0.39, 0.29) is 29.3 Å². The van der Waals surface area contributed by atoms with Gasteiger partial charge in [0.1, 0.15) is 17.1 Å². The third-order valence-electron chi connectivity index (χ3n) is 6.54. The fraction of sp³-hybridized carbons (Fsp3) is 0.241. The van der Waals surface area contributed by atoms with E-state index < -0.39 is 23.5 Å². The van der Waals surface area contributed by atoms with Gasteiger partial charge in [-0.25, -0.2) is 4.39 Å². The highest BCUT2D eigenvalue weighted by Gasteiger charge is 2.22. The highest BCUT2D eigenvalue weighted by Crippen LogP contribution is 2.26. The van der Waals surface area contributed by atoms with Crippen LogP contribution in [0.4, 0.5) is 20.4 Å². The number of rotatable bonds is 8. The van der Waals surface area contributed by atoms with E-state index in [1.165, 1.54) is 36.5 Å². The number of halogens is 2. The second-order valence-corrected chi connectivity index (χ2v) is 9.33. The van der Waals surface area contributed by atoms with Crippen molar-refractivity contribution in [3.05, 3.63) is 106 Å². The van der Waals surface area contributed by atoms with Crippen LogP contribution >= 0.6 is 0 Å². The molecule has 2 aromatic carbocycles. The molecule has 0 radical (unpaired) electrons. The number of carbonyl (C=O) groups is 1. The van der Waals surface area contributed by atoms with E-state index in [0.717, 1.165) is 5.56 Å². The average molecular weight is 548 g/mol. The van der Waals surface area contributed by atoms with E-state index in [4.69, 9.17) is 9.47 Å². The molecule has 4 aromatic rings. The van der Waals surface area contributed by atoms with Crippen LogP contribution in [0, 0.1) is 11.8 Å². The van der Waals surface area contributed by atoms with Gasteiger partial charge in [0.25, 0.3) is 11.5 Å². The van der Waals surface area contributed by atoms with Crippen LogP contribution in [-0.4, -0.2) is 39.7 Å². The summed E-state index contributed by atoms with van der Waals surface area (Å²) in [5, 5.41) is 6.02. The third kappa shape index (κ3) is 6.49. The van der Waals surface area contributed by atoms with Gasteiger partial charge in [0.2, 0.25) is 17.8 Å². The van der Waals surface area contributed by atoms with E-state index in [1.54, 1.807) is 41.0 Å². The highest BCUT2D eigenvalue weighted by molar-refractivity contribution is 5.93. The minimum absolute atomic E-state index is 0.0928. The molecule has 1 amide bonds. The SMILES string of the molecule is CC(c1ccc(F)cc1)n1cc(C(=O)NC2CCOCC2)c(=O)nc1Nc1ccc(Oc2cccc(F)n2)cc1. The Kier molecular flexibility index (Phi) is 8.11. The number of aromatic nitrogens is 3. The number of anilines is 2. The number of nitrogens with one attached hydrogen (secondary N) is 2. The van der Waals surface area contributed by atoms with Crippen LogP contribution in [0.2, 0.25) is 0 Å². The fourth-order valence-electron chi connectivity index (χ4n) is 4.32. The summed E-state index contributed by atoms with van der Waals surface area (Å²) in [6, 6.07) is 16.4. The lowest BCUT2D eigenvalue weighted by atomic mass is 10.1. The molecule has 5 rings (SSSR count). The van der Waals surface area contributed by atoms with Crippen molar-refractivity contribution in [1.82, 2.24) is 19.9 Å². The van der Waals surface area contributed by atoms with Gasteiger partial charge in [0.15, 0.2) is 0 Å². The zero-order valence-electron chi connectivity index (χ0n) is 21.6. The summed E-state index contributed by atoms with van der Waals surface area (Å²) >= 11 is 0. The Morgan fingerprint density at radius 1 is 1.02 bits per heavy atom. The van der Waals surface area contributed by atoms with Crippen molar-refractivity contribution in [2.24, 2.45) is 0 Å². The standard InChI is InChI=1S/C29H27F2N5O4/c1-18(19-5-7-20(30)8-6-19)36-17-24(27(37)32-22-13-15-39-16-14-22)28(38)35-29(36)33-21-9-11-23(12-10-21)40-26-4-2-3-25(31)34-26/h2-12,17-18,22H,13-16H2,1H3,(H,32,37)(H,33,35,38). The van der Waals surface area contributed by atoms with Crippen LogP contribution in [-0.2, 0) is 4.74 Å². The largest absolute Gasteiger partial charge is 0.439 e. The topological polar surface area (TPSA) is 107 Å². The maximum atomic E-state index is 13.6. The lowest BCUT2D eigenvalue weighted by molar-refractivity contribution is 0.0695. The van der Waals surface area contributed by atoms with Crippen LogP contribution in [0.15, 0.2) is 77.7 Å². The van der Waals surface area contributed by atoms with Crippen molar-refractivity contribution in [3.8, 4) is 11.6 Å². The Hall–Kier alpha value is -4.64. The predicted molar refractivity (Wildman–Crippen MR) is 144 cm³/mol. The molecular formula is C29H27F2N5O4. The number of pyridine rings is 1. The van der Waals surface area contributed by atoms with Crippen molar-refractivity contribution in [2.75, 3.05) is 18.5 Å². The molecule has 1 saturated heterocycles. The number of nitrogens with zero attached hydrogens (tertiary/aromatic N) is 3. The van der Waals surface area contributed by atoms with Gasteiger partial charge in [0.05, 0.1) is 6.04 Å². The van der Waals surface area contributed by atoms with Gasteiger partial charge >= 0.3 is 0 Å². The Balaban J connectivity index is 1.43. The van der Waals surface area contributed by atoms with Crippen molar-refractivity contribution in [2.45, 2.75) is 31.8 Å². The fourth-order valence-corrected chi connectivity index (χ4v) is 4.32. The van der Waals surface area contributed by atoms with Gasteiger partial charge in [-0.05, 0) is 67.8 Å². The Bertz CT molecular complexity index is 1540. The molecule has 206 valence electrons. The highest BCUT2D eigenvalue weighted by atomic mass is 19.1. The van der Waals surface area contributed by atoms with Gasteiger partial charge in [-0.15, -0.1) is 0 Å². The summed E-state index contributed by atoms with van der Waals surface area (Å²) in [6.45, 7) is 2.94. The number of ether oxygens (including phenoxy) is 2. The predicted octanol–water partition coefficient (Wildman–Crippen LogP) is 4.97. The summed E-state index contributed by atoms with van der Waals surface area (Å²) in [7, 11) is 0. The van der Waals surface area contributed by atoms with Gasteiger partial charge < -0.3 is 24.7 Å². The maximum Gasteiger partial charge on any atom is 0.287 e. The van der Waals surface area contributed by atoms with Gasteiger partial charge in [-0.2, -0.15) is 14.4 Å². The Labute approximate surface area is 228 Å². The quantitative estimate of drug-likeness (QED) is 0.300. The monoisotopic (exact) mass is 547 g/mol. The van der Waals surface area contributed by atoms with Crippen molar-refractivity contribution in [1.29, 1.82) is 0 Å². The molecular weight excluding hydrogens is 520 g/mol. The first-order valence-electron chi connectivity index (χ1n) is 12.8. The molecule has 1 fully saturated rings. The lowest BCUT2D eigenvalue weighted by Gasteiger charge is -2.24. The van der Waals surface area contributed by atoms with Gasteiger partial charge in [-0.1, -0.05) is 18.2 Å². The minimum atomic E-state index is -0.688. The van der Waals surface area contributed by atoms with Crippen LogP contribution in [0.1, 0.15) is 41.7 Å². The molecule has 0 spiro atoms. The van der Waals surface area contributed by atoms with Gasteiger partial charge in [-0.3, -0.25) is 9.59 Å². The van der Waals surface area contributed by atoms with Crippen molar-refractivity contribution >= 4 is 17.5 Å². The van der Waals surface area contributed by atoms with E-state index in [2.05, 4.69) is 20.6 Å². The maximum absolute atomic E-state index is 13.6. The molecule has 0 bridgehead atoms. The van der Waals surface area contributed by atoms with Crippen LogP contribution in [0.3, 0.4) is 0 Å². The molecule has 3 heterocycles. The molecule has 1 atom stereocenters. The molecule has 2 aromatic heterocycles. The first-order chi connectivity index (χ1) is 19.4. The smallest absolute Gasteiger partial charge is 0.287 e. The summed E-state index contributed by atoms with van der Waals surface area (Å²) in [6.07, 6.45) is 2.79. The first kappa shape index (κ1) is 26.9. The van der Waals surface area contributed by atoms with E-state index in [9.17, 15) is 18.4 Å². The van der Waals surface area contributed by atoms with Crippen molar-refractivity contribution in [3.63, 3.8) is 0 Å². The molecule has 1 aliphatic rings. The van der Waals surface area contributed by atoms with Gasteiger partial charge in [0, 0.05) is 37.2 Å². The van der Waals surface area contributed by atoms with E-state index in [0.29, 0.717) is 37.5 Å². The second kappa shape index (κ2) is 12.0. The number of hydrogen-bond donors (Lipinski definition) is 2. The number of benzene rings is 2. The Morgan fingerprint density at radius 3 is 2.45 bits per heavy atom. The zero-order valence-corrected chi connectivity index (χ0v) is 21.6. The molecule has 40 heavy (non-hydrogen) atoms. The summed E-state index contributed by atoms with van der Waals surface area (Å²) in [5.41, 5.74) is 0.534. The van der Waals surface area contributed by atoms with E-state index >= 15 is 0 Å². The summed E-state index contributed by atoms with van der Waals surface area (Å²) in [4.78, 5) is 33.9. The van der Waals surface area contributed by atoms with Crippen LogP contribution in [0.5, 0.6) is 11.6 Å². The van der Waals surface area contributed by atoms with Crippen LogP contribution < -0.4 is 20.9 Å². The van der Waals surface area contributed by atoms with Crippen LogP contribution in [0.25, 0.3) is 0 Å². The average Bonchev–Trinajstić information content (AvgIpc) is 2.95. The molecule has 1 unspecified atom stereocenters. The number of amides is 1. The molecule has 0 saturated carbocycles. The second-order valence-electron chi connectivity index (χ2n) is 9.33. The molecule has 9 nitrogen and oxygen atoms in total. The minimum Gasteiger partial charge on any atom is -0.439 e. The number of carbonyl (C=O) groups excluding carboxylic acids is 1.